The number of sulfonamides is 1. The molecule has 2 fully saturated rings. The van der Waals surface area contributed by atoms with Gasteiger partial charge in [-0.3, -0.25) is 14.2 Å². The third-order valence-electron chi connectivity index (χ3n) is 6.49. The molecule has 2 aliphatic rings. The number of amides is 1. The molecule has 0 radical (unpaired) electrons. The molecule has 31 heavy (non-hydrogen) atoms. The van der Waals surface area contributed by atoms with Crippen molar-refractivity contribution < 1.29 is 13.2 Å². The number of aromatic nitrogens is 2. The van der Waals surface area contributed by atoms with E-state index in [1.165, 1.54) is 27.3 Å². The molecule has 168 valence electrons. The molecule has 1 aromatic heterocycles. The molecule has 2 aromatic rings. The molecule has 0 spiro atoms. The molecule has 0 N–H and O–H groups in total. The minimum absolute atomic E-state index is 0.0878. The van der Waals surface area contributed by atoms with Crippen molar-refractivity contribution in [2.75, 3.05) is 26.2 Å². The quantitative estimate of drug-likeness (QED) is 0.717. The molecule has 1 amide bonds. The van der Waals surface area contributed by atoms with Gasteiger partial charge in [0.2, 0.25) is 15.9 Å². The number of hydrogen-bond donors (Lipinski definition) is 0. The van der Waals surface area contributed by atoms with Crippen LogP contribution in [0.1, 0.15) is 39.5 Å². The largest absolute Gasteiger partial charge is 0.341 e. The molecule has 0 bridgehead atoms. The number of carbonyl (C=O) groups excluding carboxylic acids is 1. The fourth-order valence-corrected chi connectivity index (χ4v) is 5.94. The van der Waals surface area contributed by atoms with Gasteiger partial charge < -0.3 is 4.90 Å². The van der Waals surface area contributed by atoms with Crippen LogP contribution in [0.5, 0.6) is 0 Å². The number of rotatable bonds is 4. The molecule has 1 unspecified atom stereocenters. The Morgan fingerprint density at radius 3 is 2.55 bits per heavy atom. The average molecular weight is 447 g/mol. The monoisotopic (exact) mass is 446 g/mol. The summed E-state index contributed by atoms with van der Waals surface area (Å²) in [6.45, 7) is 6.54. The van der Waals surface area contributed by atoms with Crippen molar-refractivity contribution >= 4 is 26.8 Å². The van der Waals surface area contributed by atoms with Crippen LogP contribution in [-0.4, -0.2) is 59.3 Å². The maximum absolute atomic E-state index is 13.1. The predicted molar refractivity (Wildman–Crippen MR) is 118 cm³/mol. The smallest absolute Gasteiger partial charge is 0.261 e. The van der Waals surface area contributed by atoms with Crippen LogP contribution >= 0.6 is 0 Å². The van der Waals surface area contributed by atoms with E-state index < -0.39 is 15.6 Å². The van der Waals surface area contributed by atoms with Crippen molar-refractivity contribution in [2.45, 2.75) is 51.0 Å². The maximum atomic E-state index is 13.1. The van der Waals surface area contributed by atoms with Crippen molar-refractivity contribution in [1.29, 1.82) is 0 Å². The van der Waals surface area contributed by atoms with E-state index in [2.05, 4.69) is 18.8 Å². The highest BCUT2D eigenvalue weighted by molar-refractivity contribution is 7.89. The van der Waals surface area contributed by atoms with Crippen molar-refractivity contribution in [1.82, 2.24) is 18.8 Å². The van der Waals surface area contributed by atoms with Crippen LogP contribution in [0.3, 0.4) is 0 Å². The molecule has 0 aliphatic carbocycles. The van der Waals surface area contributed by atoms with Crippen LogP contribution in [0.25, 0.3) is 10.9 Å². The van der Waals surface area contributed by atoms with E-state index in [9.17, 15) is 18.0 Å². The SMILES string of the molecule is CC1CCN(S(=O)(=O)c2ccc3ncn(CC(=O)N4CCCC(C)C4)c(=O)c3c2)CC1. The predicted octanol–water partition coefficient (Wildman–Crippen LogP) is 2.08. The first-order valence-electron chi connectivity index (χ1n) is 11.0. The molecular formula is C22H30N4O4S. The number of piperidine rings is 2. The average Bonchev–Trinajstić information content (AvgIpc) is 2.76. The number of benzene rings is 1. The third kappa shape index (κ3) is 4.52. The summed E-state index contributed by atoms with van der Waals surface area (Å²) < 4.78 is 28.9. The van der Waals surface area contributed by atoms with Crippen LogP contribution in [-0.2, 0) is 21.4 Å². The van der Waals surface area contributed by atoms with Crippen molar-refractivity contribution in [3.8, 4) is 0 Å². The van der Waals surface area contributed by atoms with Crippen LogP contribution < -0.4 is 5.56 Å². The second kappa shape index (κ2) is 8.70. The van der Waals surface area contributed by atoms with Crippen LogP contribution in [0.15, 0.2) is 34.2 Å². The molecule has 3 heterocycles. The summed E-state index contributed by atoms with van der Waals surface area (Å²) in [5, 5.41) is 0.216. The summed E-state index contributed by atoms with van der Waals surface area (Å²) in [6, 6.07) is 4.48. The second-order valence-electron chi connectivity index (χ2n) is 9.03. The topological polar surface area (TPSA) is 92.6 Å². The lowest BCUT2D eigenvalue weighted by atomic mass is 10.0. The summed E-state index contributed by atoms with van der Waals surface area (Å²) in [5.74, 6) is 0.857. The van der Waals surface area contributed by atoms with Crippen LogP contribution in [0.4, 0.5) is 0 Å². The number of carbonyl (C=O) groups is 1. The maximum Gasteiger partial charge on any atom is 0.261 e. The lowest BCUT2D eigenvalue weighted by molar-refractivity contribution is -0.133. The van der Waals surface area contributed by atoms with E-state index >= 15 is 0 Å². The Kier molecular flexibility index (Phi) is 6.16. The lowest BCUT2D eigenvalue weighted by Gasteiger charge is -2.31. The van der Waals surface area contributed by atoms with Gasteiger partial charge in [0.15, 0.2) is 0 Å². The molecule has 8 nitrogen and oxygen atoms in total. The Morgan fingerprint density at radius 1 is 1.10 bits per heavy atom. The zero-order valence-electron chi connectivity index (χ0n) is 18.2. The number of fused-ring (bicyclic) bond motifs is 1. The molecule has 2 aliphatic heterocycles. The molecule has 9 heteroatoms. The Bertz CT molecular complexity index is 1140. The Morgan fingerprint density at radius 2 is 1.84 bits per heavy atom. The Hall–Kier alpha value is -2.26. The number of likely N-dealkylation sites (tertiary alicyclic amines) is 1. The second-order valence-corrected chi connectivity index (χ2v) is 11.0. The van der Waals surface area contributed by atoms with Crippen molar-refractivity contribution in [3.63, 3.8) is 0 Å². The first-order valence-corrected chi connectivity index (χ1v) is 12.5. The van der Waals surface area contributed by atoms with Gasteiger partial charge in [0.25, 0.3) is 5.56 Å². The van der Waals surface area contributed by atoms with Gasteiger partial charge in [-0.15, -0.1) is 0 Å². The van der Waals surface area contributed by atoms with Gasteiger partial charge >= 0.3 is 0 Å². The molecule has 1 aromatic carbocycles. The van der Waals surface area contributed by atoms with Gasteiger partial charge in [-0.2, -0.15) is 4.31 Å². The number of nitrogens with zero attached hydrogens (tertiary/aromatic N) is 4. The zero-order valence-corrected chi connectivity index (χ0v) is 19.0. The Labute approximate surface area is 182 Å². The van der Waals surface area contributed by atoms with Crippen molar-refractivity contribution in [3.05, 3.63) is 34.9 Å². The molecular weight excluding hydrogens is 416 g/mol. The van der Waals surface area contributed by atoms with Gasteiger partial charge in [0.1, 0.15) is 6.54 Å². The van der Waals surface area contributed by atoms with Gasteiger partial charge in [-0.05, 0) is 55.7 Å². The fourth-order valence-electron chi connectivity index (χ4n) is 4.45. The summed E-state index contributed by atoms with van der Waals surface area (Å²) >= 11 is 0. The van der Waals surface area contributed by atoms with Crippen molar-refractivity contribution in [2.24, 2.45) is 11.8 Å². The summed E-state index contributed by atoms with van der Waals surface area (Å²) in [4.78, 5) is 31.9. The standard InChI is InChI=1S/C22H30N4O4S/c1-16-7-10-26(11-8-16)31(29,30)18-5-6-20-19(12-18)22(28)25(15-23-20)14-21(27)24-9-3-4-17(2)13-24/h5-6,12,15-17H,3-4,7-11,13-14H2,1-2H3. The normalized spacial score (nSPS) is 21.5. The van der Waals surface area contributed by atoms with Crippen LogP contribution in [0, 0.1) is 11.8 Å². The highest BCUT2D eigenvalue weighted by Crippen LogP contribution is 2.24. The summed E-state index contributed by atoms with van der Waals surface area (Å²) in [6.07, 6.45) is 5.11. The highest BCUT2D eigenvalue weighted by Gasteiger charge is 2.28. The van der Waals surface area contributed by atoms with E-state index in [4.69, 9.17) is 0 Å². The molecule has 1 atom stereocenters. The van der Waals surface area contributed by atoms with E-state index in [-0.39, 0.29) is 22.7 Å². The van der Waals surface area contributed by atoms with E-state index in [1.807, 2.05) is 0 Å². The summed E-state index contributed by atoms with van der Waals surface area (Å²) in [5.41, 5.74) is 0.0271. The Balaban J connectivity index is 1.61. The lowest BCUT2D eigenvalue weighted by Crippen LogP contribution is -2.42. The van der Waals surface area contributed by atoms with Gasteiger partial charge in [-0.1, -0.05) is 13.8 Å². The van der Waals surface area contributed by atoms with Gasteiger partial charge in [0.05, 0.1) is 22.1 Å². The van der Waals surface area contributed by atoms with Crippen LogP contribution in [0.2, 0.25) is 0 Å². The third-order valence-corrected chi connectivity index (χ3v) is 8.39. The number of hydrogen-bond acceptors (Lipinski definition) is 5. The first kappa shape index (κ1) is 22.0. The van der Waals surface area contributed by atoms with E-state index in [1.54, 1.807) is 11.0 Å². The zero-order chi connectivity index (χ0) is 22.2. The first-order chi connectivity index (χ1) is 14.8. The minimum Gasteiger partial charge on any atom is -0.341 e. The molecule has 4 rings (SSSR count). The summed E-state index contributed by atoms with van der Waals surface area (Å²) in [7, 11) is -3.67. The molecule has 2 saturated heterocycles. The van der Waals surface area contributed by atoms with Gasteiger partial charge in [-0.25, -0.2) is 13.4 Å². The molecule has 0 saturated carbocycles. The van der Waals surface area contributed by atoms with Gasteiger partial charge in [0, 0.05) is 26.2 Å². The fraction of sp³-hybridized carbons (Fsp3) is 0.591. The minimum atomic E-state index is -3.67. The van der Waals surface area contributed by atoms with E-state index in [0.717, 1.165) is 25.7 Å². The highest BCUT2D eigenvalue weighted by atomic mass is 32.2. The van der Waals surface area contributed by atoms with E-state index in [0.29, 0.717) is 43.5 Å².